The number of hydrogen-bond acceptors (Lipinski definition) is 3. The first-order valence-corrected chi connectivity index (χ1v) is 6.29. The minimum Gasteiger partial charge on any atom is -0.392 e. The molecule has 1 heterocycles. The maximum absolute atomic E-state index is 10.3. The molecule has 1 aromatic heterocycles. The first-order chi connectivity index (χ1) is 8.70. The fraction of sp³-hybridized carbons (Fsp3) is 0.429. The number of aromatic nitrogens is 3. The quantitative estimate of drug-likeness (QED) is 0.875. The van der Waals surface area contributed by atoms with Crippen LogP contribution in [-0.4, -0.2) is 26.2 Å². The van der Waals surface area contributed by atoms with Crippen molar-refractivity contribution in [2.75, 3.05) is 0 Å². The van der Waals surface area contributed by atoms with Gasteiger partial charge in [-0.15, -0.1) is 5.10 Å². The smallest absolute Gasteiger partial charge is 0.0852 e. The molecule has 0 amide bonds. The number of nitrogens with zero attached hydrogens (tertiary/aromatic N) is 3. The molecule has 0 aliphatic heterocycles. The van der Waals surface area contributed by atoms with Crippen LogP contribution in [0.15, 0.2) is 36.5 Å². The van der Waals surface area contributed by atoms with Crippen molar-refractivity contribution in [1.29, 1.82) is 0 Å². The lowest BCUT2D eigenvalue weighted by Crippen LogP contribution is -2.20. The summed E-state index contributed by atoms with van der Waals surface area (Å²) in [6, 6.07) is 10.1. The molecule has 0 radical (unpaired) electrons. The zero-order valence-electron chi connectivity index (χ0n) is 10.8. The molecule has 2 rings (SSSR count). The fourth-order valence-corrected chi connectivity index (χ4v) is 2.28. The van der Waals surface area contributed by atoms with Gasteiger partial charge < -0.3 is 5.11 Å². The topological polar surface area (TPSA) is 50.9 Å². The van der Waals surface area contributed by atoms with Gasteiger partial charge in [0.15, 0.2) is 0 Å². The molecule has 2 unspecified atom stereocenters. The van der Waals surface area contributed by atoms with Crippen LogP contribution >= 0.6 is 0 Å². The molecule has 96 valence electrons. The maximum Gasteiger partial charge on any atom is 0.0852 e. The van der Waals surface area contributed by atoms with Crippen LogP contribution < -0.4 is 0 Å². The van der Waals surface area contributed by atoms with Gasteiger partial charge in [-0.2, -0.15) is 0 Å². The molecule has 0 aliphatic carbocycles. The highest BCUT2D eigenvalue weighted by Gasteiger charge is 2.20. The predicted octanol–water partition coefficient (Wildman–Crippen LogP) is 1.91. The van der Waals surface area contributed by atoms with Crippen molar-refractivity contribution in [3.05, 3.63) is 47.8 Å². The SMILES string of the molecule is CCC(c1ccccc1)C(O)Cc1cn(C)nn1. The second kappa shape index (κ2) is 5.78. The van der Waals surface area contributed by atoms with Gasteiger partial charge in [-0.25, -0.2) is 0 Å². The van der Waals surface area contributed by atoms with E-state index in [9.17, 15) is 5.11 Å². The van der Waals surface area contributed by atoms with Crippen molar-refractivity contribution in [3.63, 3.8) is 0 Å². The van der Waals surface area contributed by atoms with Crippen LogP contribution in [0.4, 0.5) is 0 Å². The Morgan fingerprint density at radius 1 is 1.28 bits per heavy atom. The summed E-state index contributed by atoms with van der Waals surface area (Å²) in [6.45, 7) is 2.09. The Morgan fingerprint density at radius 3 is 2.56 bits per heavy atom. The second-order valence-electron chi connectivity index (χ2n) is 4.58. The molecule has 4 heteroatoms. The Morgan fingerprint density at radius 2 is 2.00 bits per heavy atom. The zero-order valence-corrected chi connectivity index (χ0v) is 10.8. The largest absolute Gasteiger partial charge is 0.392 e. The molecule has 0 fully saturated rings. The van der Waals surface area contributed by atoms with E-state index in [1.807, 2.05) is 31.4 Å². The van der Waals surface area contributed by atoms with Crippen molar-refractivity contribution < 1.29 is 5.11 Å². The van der Waals surface area contributed by atoms with E-state index in [1.54, 1.807) is 4.68 Å². The van der Waals surface area contributed by atoms with Gasteiger partial charge in [-0.3, -0.25) is 4.68 Å². The molecular formula is C14H19N3O. The average molecular weight is 245 g/mol. The first-order valence-electron chi connectivity index (χ1n) is 6.29. The lowest BCUT2D eigenvalue weighted by atomic mass is 9.89. The number of rotatable bonds is 5. The Bertz CT molecular complexity index is 481. The van der Waals surface area contributed by atoms with Crippen molar-refractivity contribution in [2.24, 2.45) is 7.05 Å². The van der Waals surface area contributed by atoms with Crippen molar-refractivity contribution >= 4 is 0 Å². The van der Waals surface area contributed by atoms with E-state index in [4.69, 9.17) is 0 Å². The summed E-state index contributed by atoms with van der Waals surface area (Å²) in [7, 11) is 1.83. The highest BCUT2D eigenvalue weighted by atomic mass is 16.3. The van der Waals surface area contributed by atoms with E-state index in [-0.39, 0.29) is 5.92 Å². The molecule has 2 atom stereocenters. The summed E-state index contributed by atoms with van der Waals surface area (Å²) in [5.74, 6) is 0.146. The normalized spacial score (nSPS) is 14.4. The number of aryl methyl sites for hydroxylation is 1. The average Bonchev–Trinajstić information content (AvgIpc) is 2.77. The Balaban J connectivity index is 2.08. The molecule has 0 saturated heterocycles. The van der Waals surface area contributed by atoms with E-state index in [2.05, 4.69) is 29.4 Å². The molecule has 2 aromatic rings. The summed E-state index contributed by atoms with van der Waals surface area (Å²) in [5, 5.41) is 18.3. The monoisotopic (exact) mass is 245 g/mol. The van der Waals surface area contributed by atoms with E-state index in [1.165, 1.54) is 5.56 Å². The highest BCUT2D eigenvalue weighted by Crippen LogP contribution is 2.24. The lowest BCUT2D eigenvalue weighted by molar-refractivity contribution is 0.139. The summed E-state index contributed by atoms with van der Waals surface area (Å²) < 4.78 is 1.66. The maximum atomic E-state index is 10.3. The van der Waals surface area contributed by atoms with Crippen molar-refractivity contribution in [2.45, 2.75) is 31.8 Å². The zero-order chi connectivity index (χ0) is 13.0. The van der Waals surface area contributed by atoms with E-state index in [0.717, 1.165) is 12.1 Å². The molecule has 18 heavy (non-hydrogen) atoms. The van der Waals surface area contributed by atoms with Crippen LogP contribution in [0.3, 0.4) is 0 Å². The van der Waals surface area contributed by atoms with E-state index >= 15 is 0 Å². The first kappa shape index (κ1) is 12.8. The predicted molar refractivity (Wildman–Crippen MR) is 70.2 cm³/mol. The number of benzene rings is 1. The molecule has 1 aromatic carbocycles. The Kier molecular flexibility index (Phi) is 4.10. The third-order valence-electron chi connectivity index (χ3n) is 3.20. The van der Waals surface area contributed by atoms with Gasteiger partial charge in [-0.1, -0.05) is 42.5 Å². The Labute approximate surface area is 107 Å². The van der Waals surface area contributed by atoms with Gasteiger partial charge in [0.05, 0.1) is 11.8 Å². The van der Waals surface area contributed by atoms with Crippen LogP contribution in [-0.2, 0) is 13.5 Å². The molecule has 0 saturated carbocycles. The second-order valence-corrected chi connectivity index (χ2v) is 4.58. The van der Waals surface area contributed by atoms with Gasteiger partial charge >= 0.3 is 0 Å². The van der Waals surface area contributed by atoms with Gasteiger partial charge in [-0.05, 0) is 12.0 Å². The van der Waals surface area contributed by atoms with Crippen LogP contribution in [0.1, 0.15) is 30.5 Å². The van der Waals surface area contributed by atoms with Gasteiger partial charge in [0.1, 0.15) is 0 Å². The third-order valence-corrected chi connectivity index (χ3v) is 3.20. The molecular weight excluding hydrogens is 226 g/mol. The van der Waals surface area contributed by atoms with Gasteiger partial charge in [0.25, 0.3) is 0 Å². The van der Waals surface area contributed by atoms with Crippen LogP contribution in [0.2, 0.25) is 0 Å². The summed E-state index contributed by atoms with van der Waals surface area (Å²) in [5.41, 5.74) is 2.01. The van der Waals surface area contributed by atoms with Crippen LogP contribution in [0.5, 0.6) is 0 Å². The van der Waals surface area contributed by atoms with Crippen LogP contribution in [0.25, 0.3) is 0 Å². The highest BCUT2D eigenvalue weighted by molar-refractivity contribution is 5.21. The summed E-state index contributed by atoms with van der Waals surface area (Å²) in [4.78, 5) is 0. The summed E-state index contributed by atoms with van der Waals surface area (Å²) >= 11 is 0. The van der Waals surface area contributed by atoms with Gasteiger partial charge in [0, 0.05) is 25.6 Å². The molecule has 1 N–H and O–H groups in total. The van der Waals surface area contributed by atoms with E-state index in [0.29, 0.717) is 6.42 Å². The minimum absolute atomic E-state index is 0.146. The van der Waals surface area contributed by atoms with Crippen LogP contribution in [0, 0.1) is 0 Å². The van der Waals surface area contributed by atoms with E-state index < -0.39 is 6.10 Å². The van der Waals surface area contributed by atoms with Crippen molar-refractivity contribution in [1.82, 2.24) is 15.0 Å². The molecule has 0 spiro atoms. The molecule has 0 aliphatic rings. The standard InChI is InChI=1S/C14H19N3O/c1-3-13(11-7-5-4-6-8-11)14(18)9-12-10-17(2)16-15-12/h4-8,10,13-14,18H,3,9H2,1-2H3. The summed E-state index contributed by atoms with van der Waals surface area (Å²) in [6.07, 6.45) is 2.88. The Hall–Kier alpha value is -1.68. The number of aliphatic hydroxyl groups excluding tert-OH is 1. The molecule has 4 nitrogen and oxygen atoms in total. The number of hydrogen-bond donors (Lipinski definition) is 1. The third kappa shape index (κ3) is 2.96. The van der Waals surface area contributed by atoms with Crippen molar-refractivity contribution in [3.8, 4) is 0 Å². The van der Waals surface area contributed by atoms with Gasteiger partial charge in [0.2, 0.25) is 0 Å². The number of aliphatic hydroxyl groups is 1. The molecule has 0 bridgehead atoms. The lowest BCUT2D eigenvalue weighted by Gasteiger charge is -2.21. The fourth-order valence-electron chi connectivity index (χ4n) is 2.28. The minimum atomic E-state index is -0.422.